The Bertz CT molecular complexity index is 1490. The average Bonchev–Trinajstić information content (AvgIpc) is 3.37. The molecule has 2 aliphatic heterocycles. The van der Waals surface area contributed by atoms with Crippen molar-refractivity contribution in [3.8, 4) is 0 Å². The molecule has 0 N–H and O–H groups in total. The third kappa shape index (κ3) is 6.77. The van der Waals surface area contributed by atoms with Crippen LogP contribution in [0.4, 0.5) is 9.59 Å². The SMILES string of the molecule is CC(C)(C)OC(=O)N(Cc1ccccc1)C(=O)CN1C(=O)C(N2C(=O)OC[C@@H]2c2ccccc2)C1C=Cc1ccccc1. The molecule has 2 saturated heterocycles. The van der Waals surface area contributed by atoms with Gasteiger partial charge in [-0.3, -0.25) is 14.5 Å². The number of β-lactam (4-membered cyclic amide) rings is 1. The van der Waals surface area contributed by atoms with E-state index in [1.807, 2.05) is 103 Å². The summed E-state index contributed by atoms with van der Waals surface area (Å²) < 4.78 is 10.9. The van der Waals surface area contributed by atoms with Crippen molar-refractivity contribution in [1.29, 1.82) is 0 Å². The van der Waals surface area contributed by atoms with Crippen LogP contribution in [0, 0.1) is 0 Å². The van der Waals surface area contributed by atoms with Gasteiger partial charge in [-0.2, -0.15) is 0 Å². The normalized spacial score (nSPS) is 20.1. The lowest BCUT2D eigenvalue weighted by Crippen LogP contribution is -2.71. The van der Waals surface area contributed by atoms with Crippen LogP contribution >= 0.6 is 0 Å². The van der Waals surface area contributed by atoms with Gasteiger partial charge in [-0.1, -0.05) is 103 Å². The van der Waals surface area contributed by atoms with E-state index in [4.69, 9.17) is 9.47 Å². The predicted octanol–water partition coefficient (Wildman–Crippen LogP) is 5.44. The Hall–Kier alpha value is -4.92. The van der Waals surface area contributed by atoms with Gasteiger partial charge >= 0.3 is 12.2 Å². The summed E-state index contributed by atoms with van der Waals surface area (Å²) in [5, 5.41) is 0. The highest BCUT2D eigenvalue weighted by molar-refractivity contribution is 5.99. The van der Waals surface area contributed by atoms with Crippen molar-refractivity contribution in [3.63, 3.8) is 0 Å². The molecule has 2 heterocycles. The number of hydrogen-bond donors (Lipinski definition) is 0. The molecular weight excluding hydrogens is 546 g/mol. The molecule has 2 unspecified atom stereocenters. The van der Waals surface area contributed by atoms with Gasteiger partial charge in [0.05, 0.1) is 18.6 Å². The number of ether oxygens (including phenoxy) is 2. The van der Waals surface area contributed by atoms with Crippen molar-refractivity contribution in [2.75, 3.05) is 13.2 Å². The number of benzene rings is 3. The molecular formula is C34H35N3O6. The van der Waals surface area contributed by atoms with Crippen molar-refractivity contribution in [1.82, 2.24) is 14.7 Å². The van der Waals surface area contributed by atoms with Crippen LogP contribution in [-0.4, -0.2) is 69.5 Å². The number of hydrogen-bond acceptors (Lipinski definition) is 6. The molecule has 0 saturated carbocycles. The van der Waals surface area contributed by atoms with E-state index >= 15 is 0 Å². The number of amides is 4. The van der Waals surface area contributed by atoms with Crippen LogP contribution in [0.2, 0.25) is 0 Å². The maximum atomic E-state index is 13.8. The highest BCUT2D eigenvalue weighted by Gasteiger charge is 2.55. The standard InChI is InChI=1S/C34H35N3O6/c1-34(2,3)43-32(40)36(21-25-15-9-5-10-16-25)29(38)22-35-27(20-19-24-13-7-4-8-14-24)30(31(35)39)37-28(23-42-33(37)41)26-17-11-6-12-18-26/h4-20,27-28,30H,21-23H2,1-3H3/t27?,28-,30?/m1/s1. The molecule has 0 spiro atoms. The highest BCUT2D eigenvalue weighted by Crippen LogP contribution is 2.37. The topological polar surface area (TPSA) is 96.5 Å². The van der Waals surface area contributed by atoms with Crippen LogP contribution in [0.25, 0.3) is 6.08 Å². The molecule has 43 heavy (non-hydrogen) atoms. The first-order chi connectivity index (χ1) is 20.6. The van der Waals surface area contributed by atoms with Gasteiger partial charge in [0, 0.05) is 0 Å². The van der Waals surface area contributed by atoms with Gasteiger partial charge in [-0.15, -0.1) is 0 Å². The number of carbonyl (C=O) groups is 4. The fourth-order valence-electron chi connectivity index (χ4n) is 5.24. The smallest absolute Gasteiger partial charge is 0.417 e. The second kappa shape index (κ2) is 12.5. The number of likely N-dealkylation sites (tertiary alicyclic amines) is 1. The fraction of sp³-hybridized carbons (Fsp3) is 0.294. The Morgan fingerprint density at radius 1 is 0.930 bits per heavy atom. The zero-order valence-electron chi connectivity index (χ0n) is 24.5. The zero-order valence-corrected chi connectivity index (χ0v) is 24.5. The van der Waals surface area contributed by atoms with Gasteiger partial charge < -0.3 is 14.4 Å². The Kier molecular flexibility index (Phi) is 8.61. The second-order valence-corrected chi connectivity index (χ2v) is 11.5. The molecule has 2 fully saturated rings. The lowest BCUT2D eigenvalue weighted by Gasteiger charge is -2.49. The van der Waals surface area contributed by atoms with E-state index in [-0.39, 0.29) is 19.7 Å². The summed E-state index contributed by atoms with van der Waals surface area (Å²) in [7, 11) is 0. The van der Waals surface area contributed by atoms with Crippen LogP contribution in [0.3, 0.4) is 0 Å². The van der Waals surface area contributed by atoms with Crippen LogP contribution in [0.15, 0.2) is 97.1 Å². The third-order valence-electron chi connectivity index (χ3n) is 7.30. The number of nitrogens with zero attached hydrogens (tertiary/aromatic N) is 3. The first-order valence-corrected chi connectivity index (χ1v) is 14.2. The van der Waals surface area contributed by atoms with Crippen molar-refractivity contribution in [3.05, 3.63) is 114 Å². The van der Waals surface area contributed by atoms with E-state index in [0.29, 0.717) is 0 Å². The van der Waals surface area contributed by atoms with Gasteiger partial charge in [0.25, 0.3) is 5.91 Å². The molecule has 9 heteroatoms. The molecule has 3 atom stereocenters. The largest absolute Gasteiger partial charge is 0.447 e. The van der Waals surface area contributed by atoms with Crippen molar-refractivity contribution >= 4 is 30.1 Å². The fourth-order valence-corrected chi connectivity index (χ4v) is 5.24. The Morgan fingerprint density at radius 3 is 2.16 bits per heavy atom. The average molecular weight is 582 g/mol. The minimum Gasteiger partial charge on any atom is -0.447 e. The van der Waals surface area contributed by atoms with E-state index < -0.39 is 47.7 Å². The Labute approximate surface area is 251 Å². The molecule has 5 rings (SSSR count). The lowest BCUT2D eigenvalue weighted by molar-refractivity contribution is -0.159. The molecule has 222 valence electrons. The minimum absolute atomic E-state index is 0.0148. The maximum Gasteiger partial charge on any atom is 0.417 e. The van der Waals surface area contributed by atoms with E-state index in [2.05, 4.69) is 0 Å². The van der Waals surface area contributed by atoms with Crippen LogP contribution in [-0.2, 0) is 25.6 Å². The molecule has 0 aromatic heterocycles. The first-order valence-electron chi connectivity index (χ1n) is 14.2. The third-order valence-corrected chi connectivity index (χ3v) is 7.30. The van der Waals surface area contributed by atoms with Gasteiger partial charge in [-0.25, -0.2) is 14.5 Å². The molecule has 2 aliphatic rings. The lowest BCUT2D eigenvalue weighted by atomic mass is 9.90. The van der Waals surface area contributed by atoms with E-state index in [9.17, 15) is 19.2 Å². The second-order valence-electron chi connectivity index (χ2n) is 11.5. The monoisotopic (exact) mass is 581 g/mol. The van der Waals surface area contributed by atoms with E-state index in [1.165, 1.54) is 9.80 Å². The van der Waals surface area contributed by atoms with Gasteiger partial charge in [0.2, 0.25) is 5.91 Å². The zero-order chi connectivity index (χ0) is 30.6. The summed E-state index contributed by atoms with van der Waals surface area (Å²) in [6.07, 6.45) is 2.29. The molecule has 0 radical (unpaired) electrons. The number of rotatable bonds is 8. The number of cyclic esters (lactones) is 1. The Balaban J connectivity index is 1.43. The summed E-state index contributed by atoms with van der Waals surface area (Å²) >= 11 is 0. The van der Waals surface area contributed by atoms with E-state index in [1.54, 1.807) is 20.8 Å². The van der Waals surface area contributed by atoms with Gasteiger partial charge in [-0.05, 0) is 37.5 Å². The molecule has 9 nitrogen and oxygen atoms in total. The van der Waals surface area contributed by atoms with Crippen LogP contribution in [0.5, 0.6) is 0 Å². The summed E-state index contributed by atoms with van der Waals surface area (Å²) in [5.74, 6) is -0.994. The summed E-state index contributed by atoms with van der Waals surface area (Å²) in [6.45, 7) is 4.90. The summed E-state index contributed by atoms with van der Waals surface area (Å²) in [6, 6.07) is 26.1. The number of imide groups is 1. The summed E-state index contributed by atoms with van der Waals surface area (Å²) in [5.41, 5.74) is 1.66. The summed E-state index contributed by atoms with van der Waals surface area (Å²) in [4.78, 5) is 57.5. The van der Waals surface area contributed by atoms with Crippen LogP contribution in [0.1, 0.15) is 43.5 Å². The molecule has 3 aromatic rings. The highest BCUT2D eigenvalue weighted by atomic mass is 16.6. The number of carbonyl (C=O) groups excluding carboxylic acids is 4. The molecule has 4 amide bonds. The predicted molar refractivity (Wildman–Crippen MR) is 160 cm³/mol. The minimum atomic E-state index is -0.878. The van der Waals surface area contributed by atoms with Crippen molar-refractivity contribution < 1.29 is 28.7 Å². The molecule has 0 bridgehead atoms. The maximum absolute atomic E-state index is 13.8. The van der Waals surface area contributed by atoms with Crippen LogP contribution < -0.4 is 0 Å². The van der Waals surface area contributed by atoms with E-state index in [0.717, 1.165) is 21.6 Å². The molecule has 3 aromatic carbocycles. The van der Waals surface area contributed by atoms with Crippen molar-refractivity contribution in [2.45, 2.75) is 51.0 Å². The van der Waals surface area contributed by atoms with Gasteiger partial charge in [0.1, 0.15) is 24.8 Å². The quantitative estimate of drug-likeness (QED) is 0.329. The van der Waals surface area contributed by atoms with Crippen molar-refractivity contribution in [2.24, 2.45) is 0 Å². The van der Waals surface area contributed by atoms with Gasteiger partial charge in [0.15, 0.2) is 0 Å². The first kappa shape index (κ1) is 29.6. The molecule has 0 aliphatic carbocycles. The Morgan fingerprint density at radius 2 is 1.53 bits per heavy atom.